The van der Waals surface area contributed by atoms with Gasteiger partial charge < -0.3 is 41.0 Å². The van der Waals surface area contributed by atoms with Gasteiger partial charge in [-0.3, -0.25) is 9.36 Å². The van der Waals surface area contributed by atoms with E-state index >= 15 is 0 Å². The first kappa shape index (κ1) is 28.0. The van der Waals surface area contributed by atoms with E-state index in [4.69, 9.17) is 26.8 Å². The number of aliphatic carboxylic acids is 1. The number of carbonyl (C=O) groups is 2. The number of benzene rings is 1. The second kappa shape index (κ2) is 11.9. The number of halogens is 1. The molecule has 5 rings (SSSR count). The number of aliphatic hydroxyl groups is 1. The second-order valence-corrected chi connectivity index (χ2v) is 10.2. The number of ether oxygens (including phenoxy) is 2. The van der Waals surface area contributed by atoms with E-state index in [1.807, 2.05) is 11.9 Å². The number of carboxylic acids is 1. The molecule has 0 spiro atoms. The zero-order valence-corrected chi connectivity index (χ0v) is 22.5. The number of imidazole rings is 1. The highest BCUT2D eigenvalue weighted by Crippen LogP contribution is 2.32. The molecule has 0 aliphatic carbocycles. The van der Waals surface area contributed by atoms with Crippen molar-refractivity contribution in [1.82, 2.24) is 29.7 Å². The van der Waals surface area contributed by atoms with Crippen molar-refractivity contribution in [2.75, 3.05) is 32.1 Å². The number of piperidine rings is 1. The Morgan fingerprint density at radius 1 is 1.25 bits per heavy atom. The van der Waals surface area contributed by atoms with Crippen LogP contribution in [-0.4, -0.2) is 97.5 Å². The topological polar surface area (TPSA) is 190 Å². The minimum atomic E-state index is -1.37. The zero-order valence-electron chi connectivity index (χ0n) is 21.7. The van der Waals surface area contributed by atoms with Crippen LogP contribution in [0.4, 0.5) is 5.82 Å². The van der Waals surface area contributed by atoms with E-state index in [1.54, 1.807) is 18.2 Å². The summed E-state index contributed by atoms with van der Waals surface area (Å²) in [6, 6.07) is 4.45. The lowest BCUT2D eigenvalue weighted by atomic mass is 10.1. The van der Waals surface area contributed by atoms with Crippen LogP contribution in [-0.2, 0) is 20.9 Å². The van der Waals surface area contributed by atoms with Crippen molar-refractivity contribution in [3.63, 3.8) is 0 Å². The Morgan fingerprint density at radius 2 is 2.02 bits per heavy atom. The fraction of sp³-hybridized carbons (Fsp3) is 0.480. The molecule has 2 saturated heterocycles. The van der Waals surface area contributed by atoms with Gasteiger partial charge in [0.2, 0.25) is 0 Å². The largest absolute Gasteiger partial charge is 0.483 e. The molecule has 2 aliphatic heterocycles. The van der Waals surface area contributed by atoms with Gasteiger partial charge in [0.1, 0.15) is 18.2 Å². The molecule has 4 heterocycles. The predicted octanol–water partition coefficient (Wildman–Crippen LogP) is 0.351. The Balaban J connectivity index is 1.28. The molecule has 2 fully saturated rings. The fourth-order valence-electron chi connectivity index (χ4n) is 4.97. The number of amides is 1. The lowest BCUT2D eigenvalue weighted by Crippen LogP contribution is -2.45. The van der Waals surface area contributed by atoms with E-state index in [-0.39, 0.29) is 19.1 Å². The van der Waals surface area contributed by atoms with Gasteiger partial charge in [-0.05, 0) is 38.1 Å². The number of rotatable bonds is 9. The van der Waals surface area contributed by atoms with Crippen molar-refractivity contribution in [2.45, 2.75) is 49.9 Å². The van der Waals surface area contributed by atoms with Crippen LogP contribution in [0.5, 0.6) is 5.75 Å². The number of nitrogens with two attached hydrogens (primary N) is 1. The molecule has 1 amide bonds. The molecule has 0 unspecified atom stereocenters. The third-order valence-electron chi connectivity index (χ3n) is 7.27. The van der Waals surface area contributed by atoms with Crippen LogP contribution in [0, 0.1) is 0 Å². The maximum Gasteiger partial charge on any atom is 0.334 e. The standard InChI is InChI=1S/C25H31ClN8O6/c1-28-15-4-6-33(7-5-15)17(35)10-39-16-3-2-14(26)8-13(16)9-29-22-19-23(31-11-30-22)34(12-32-19)24-20(36)18(27)21(40-24)25(37)38/h2-3,8,11-12,15,18,20-21,24,28,36H,4-7,9-10,27H2,1H3,(H,37,38)(H,29,30,31)/t18-,20+,21-,24+/m0/s1. The van der Waals surface area contributed by atoms with Crippen LogP contribution in [0.2, 0.25) is 5.02 Å². The van der Waals surface area contributed by atoms with Crippen molar-refractivity contribution in [1.29, 1.82) is 0 Å². The maximum absolute atomic E-state index is 12.7. The van der Waals surface area contributed by atoms with E-state index in [0.717, 1.165) is 12.8 Å². The van der Waals surface area contributed by atoms with Crippen LogP contribution in [0.1, 0.15) is 24.6 Å². The van der Waals surface area contributed by atoms with E-state index < -0.39 is 30.4 Å². The van der Waals surface area contributed by atoms with Gasteiger partial charge in [-0.15, -0.1) is 0 Å². The lowest BCUT2D eigenvalue weighted by molar-refractivity contribution is -0.152. The number of hydrogen-bond donors (Lipinski definition) is 5. The molecule has 6 N–H and O–H groups in total. The summed E-state index contributed by atoms with van der Waals surface area (Å²) < 4.78 is 12.8. The number of carbonyl (C=O) groups excluding carboxylic acids is 1. The molecule has 0 saturated carbocycles. The zero-order chi connectivity index (χ0) is 28.4. The fourth-order valence-corrected chi connectivity index (χ4v) is 5.16. The number of hydrogen-bond acceptors (Lipinski definition) is 11. The van der Waals surface area contributed by atoms with Crippen molar-refractivity contribution in [3.05, 3.63) is 41.4 Å². The third kappa shape index (κ3) is 5.67. The average molecular weight is 575 g/mol. The molecule has 214 valence electrons. The summed E-state index contributed by atoms with van der Waals surface area (Å²) in [5.41, 5.74) is 7.23. The quantitative estimate of drug-likeness (QED) is 0.236. The lowest BCUT2D eigenvalue weighted by Gasteiger charge is -2.31. The van der Waals surface area contributed by atoms with Crippen LogP contribution in [0.15, 0.2) is 30.9 Å². The minimum Gasteiger partial charge on any atom is -0.483 e. The Bertz CT molecular complexity index is 1380. The number of carboxylic acid groups (broad SMARTS) is 1. The number of nitrogens with one attached hydrogen (secondary N) is 2. The van der Waals surface area contributed by atoms with E-state index in [0.29, 0.717) is 52.4 Å². The average Bonchev–Trinajstić information content (AvgIpc) is 3.52. The number of aromatic nitrogens is 4. The highest BCUT2D eigenvalue weighted by Gasteiger charge is 2.46. The summed E-state index contributed by atoms with van der Waals surface area (Å²) in [6.45, 7) is 1.52. The highest BCUT2D eigenvalue weighted by molar-refractivity contribution is 6.30. The summed E-state index contributed by atoms with van der Waals surface area (Å²) in [5.74, 6) is -0.463. The smallest absolute Gasteiger partial charge is 0.334 e. The molecule has 4 atom stereocenters. The third-order valence-corrected chi connectivity index (χ3v) is 7.51. The summed E-state index contributed by atoms with van der Waals surface area (Å²) >= 11 is 6.25. The first-order valence-electron chi connectivity index (χ1n) is 12.9. The van der Waals surface area contributed by atoms with Gasteiger partial charge in [-0.25, -0.2) is 19.7 Å². The van der Waals surface area contributed by atoms with Gasteiger partial charge in [-0.1, -0.05) is 11.6 Å². The number of anilines is 1. The Labute approximate surface area is 234 Å². The van der Waals surface area contributed by atoms with Crippen LogP contribution in [0.25, 0.3) is 11.2 Å². The first-order valence-corrected chi connectivity index (χ1v) is 13.2. The van der Waals surface area contributed by atoms with Gasteiger partial charge in [-0.2, -0.15) is 0 Å². The van der Waals surface area contributed by atoms with Crippen molar-refractivity contribution in [2.24, 2.45) is 5.73 Å². The molecular weight excluding hydrogens is 544 g/mol. The van der Waals surface area contributed by atoms with Gasteiger partial charge in [0.15, 0.2) is 35.9 Å². The number of likely N-dealkylation sites (tertiary alicyclic amines) is 1. The summed E-state index contributed by atoms with van der Waals surface area (Å²) in [4.78, 5) is 38.8. The summed E-state index contributed by atoms with van der Waals surface area (Å²) in [5, 5.41) is 26.8. The SMILES string of the molecule is CNC1CCN(C(=O)COc2ccc(Cl)cc2CNc2ncnc3c2ncn3[C@@H]2O[C@H](C(=O)O)[C@@H](N)[C@H]2O)CC1. The first-order chi connectivity index (χ1) is 19.3. The molecule has 15 heteroatoms. The summed E-state index contributed by atoms with van der Waals surface area (Å²) in [7, 11) is 1.93. The Kier molecular flexibility index (Phi) is 8.32. The number of fused-ring (bicyclic) bond motifs is 1. The van der Waals surface area contributed by atoms with E-state index in [1.165, 1.54) is 17.2 Å². The van der Waals surface area contributed by atoms with Gasteiger partial charge >= 0.3 is 5.97 Å². The van der Waals surface area contributed by atoms with Crippen LogP contribution >= 0.6 is 11.6 Å². The molecular formula is C25H31ClN8O6. The molecule has 3 aromatic rings. The van der Waals surface area contributed by atoms with Crippen molar-refractivity contribution in [3.8, 4) is 5.75 Å². The highest BCUT2D eigenvalue weighted by atomic mass is 35.5. The van der Waals surface area contributed by atoms with E-state index in [9.17, 15) is 19.8 Å². The molecule has 14 nitrogen and oxygen atoms in total. The van der Waals surface area contributed by atoms with Gasteiger partial charge in [0, 0.05) is 36.3 Å². The van der Waals surface area contributed by atoms with Crippen LogP contribution < -0.4 is 21.1 Å². The minimum absolute atomic E-state index is 0.0763. The van der Waals surface area contributed by atoms with E-state index in [2.05, 4.69) is 25.6 Å². The molecule has 2 aliphatic rings. The normalized spacial score (nSPS) is 23.4. The Morgan fingerprint density at radius 3 is 2.73 bits per heavy atom. The molecule has 40 heavy (non-hydrogen) atoms. The molecule has 2 aromatic heterocycles. The number of aliphatic hydroxyl groups excluding tert-OH is 1. The predicted molar refractivity (Wildman–Crippen MR) is 144 cm³/mol. The van der Waals surface area contributed by atoms with Gasteiger partial charge in [0.05, 0.1) is 12.4 Å². The molecule has 1 aromatic carbocycles. The summed E-state index contributed by atoms with van der Waals surface area (Å²) in [6.07, 6.45) is 0.760. The molecule has 0 radical (unpaired) electrons. The van der Waals surface area contributed by atoms with Crippen molar-refractivity contribution < 1.29 is 29.3 Å². The Hall–Kier alpha value is -3.56. The van der Waals surface area contributed by atoms with Crippen LogP contribution in [0.3, 0.4) is 0 Å². The molecule has 0 bridgehead atoms. The van der Waals surface area contributed by atoms with Crippen molar-refractivity contribution >= 4 is 40.5 Å². The number of nitrogens with zero attached hydrogens (tertiary/aromatic N) is 5. The van der Waals surface area contributed by atoms with Gasteiger partial charge in [0.25, 0.3) is 5.91 Å². The second-order valence-electron chi connectivity index (χ2n) is 9.74. The maximum atomic E-state index is 12.7. The monoisotopic (exact) mass is 574 g/mol.